The maximum absolute atomic E-state index is 12.6. The number of carbonyl (C=O) groups excluding carboxylic acids is 2. The van der Waals surface area contributed by atoms with Crippen molar-refractivity contribution in [2.24, 2.45) is 0 Å². The van der Waals surface area contributed by atoms with E-state index in [-0.39, 0.29) is 13.4 Å². The smallest absolute Gasteiger partial charge is 0.266 e. The van der Waals surface area contributed by atoms with E-state index < -0.39 is 6.08 Å². The van der Waals surface area contributed by atoms with E-state index in [1.807, 2.05) is 63.1 Å². The van der Waals surface area contributed by atoms with Crippen LogP contribution in [0.2, 0.25) is 0 Å². The fourth-order valence-electron chi connectivity index (χ4n) is 4.24. The van der Waals surface area contributed by atoms with Crippen LogP contribution in [0.25, 0.3) is 22.3 Å². The highest BCUT2D eigenvalue weighted by molar-refractivity contribution is 5.76. The third kappa shape index (κ3) is 20.8. The zero-order valence-corrected chi connectivity index (χ0v) is 29.9. The number of carbonyl (C=O) groups is 2. The molecule has 0 unspecified atom stereocenters. The van der Waals surface area contributed by atoms with E-state index in [1.165, 1.54) is 12.2 Å². The lowest BCUT2D eigenvalue weighted by molar-refractivity contribution is -0.104. The molecule has 3 aromatic carbocycles. The van der Waals surface area contributed by atoms with Crippen LogP contribution >= 0.6 is 0 Å². The summed E-state index contributed by atoms with van der Waals surface area (Å²) in [7, 11) is 1.64. The van der Waals surface area contributed by atoms with Gasteiger partial charge in [0.1, 0.15) is 44.6 Å². The van der Waals surface area contributed by atoms with Crippen LogP contribution in [0.5, 0.6) is 11.5 Å². The lowest BCUT2D eigenvalue weighted by Gasteiger charge is -2.16. The molecule has 0 aromatic heterocycles. The Morgan fingerprint density at radius 1 is 0.800 bits per heavy atom. The number of rotatable bonds is 18. The van der Waals surface area contributed by atoms with Crippen LogP contribution < -0.4 is 9.47 Å². The Morgan fingerprint density at radius 3 is 1.88 bits per heavy atom. The maximum atomic E-state index is 12.6. The normalized spacial score (nSPS) is 9.36. The SMILES string of the molecule is C=CC=O.C=CCO.C=O.CC.CCc1cc(OCCOCO)ccc1-c1ccc(-c2ccc(OCCOC)cc2)c(CCCC=C(F)F)c1. The number of unbranched alkanes of at least 4 members (excludes halogenated alkanes) is 1. The molecule has 3 rings (SSSR count). The van der Waals surface area contributed by atoms with Gasteiger partial charge in [-0.05, 0) is 95.5 Å². The van der Waals surface area contributed by atoms with Gasteiger partial charge in [-0.15, -0.1) is 6.58 Å². The Labute approximate surface area is 296 Å². The highest BCUT2D eigenvalue weighted by Gasteiger charge is 2.12. The second kappa shape index (κ2) is 33.0. The Morgan fingerprint density at radius 2 is 1.34 bits per heavy atom. The third-order valence-corrected chi connectivity index (χ3v) is 6.36. The summed E-state index contributed by atoms with van der Waals surface area (Å²) in [6.45, 7) is 15.9. The molecular weight excluding hydrogens is 646 g/mol. The molecule has 0 bridgehead atoms. The molecule has 0 atom stereocenters. The fraction of sp³-hybridized carbons (Fsp3) is 0.350. The summed E-state index contributed by atoms with van der Waals surface area (Å²) < 4.78 is 46.6. The average molecular weight is 701 g/mol. The molecule has 2 N–H and O–H groups in total. The molecule has 0 saturated heterocycles. The van der Waals surface area contributed by atoms with Gasteiger partial charge in [0.2, 0.25) is 0 Å². The predicted octanol–water partition coefficient (Wildman–Crippen LogP) is 8.43. The lowest BCUT2D eigenvalue weighted by atomic mass is 9.90. The largest absolute Gasteiger partial charge is 0.491 e. The van der Waals surface area contributed by atoms with E-state index in [9.17, 15) is 8.78 Å². The summed E-state index contributed by atoms with van der Waals surface area (Å²) in [5.74, 6) is 1.52. The van der Waals surface area contributed by atoms with E-state index in [0.717, 1.165) is 57.4 Å². The van der Waals surface area contributed by atoms with E-state index in [2.05, 4.69) is 38.3 Å². The minimum atomic E-state index is -1.64. The fourth-order valence-corrected chi connectivity index (χ4v) is 4.24. The van der Waals surface area contributed by atoms with Gasteiger partial charge in [0.25, 0.3) is 6.08 Å². The summed E-state index contributed by atoms with van der Waals surface area (Å²) in [5, 5.41) is 16.5. The van der Waals surface area contributed by atoms with Crippen LogP contribution in [0.1, 0.15) is 44.7 Å². The zero-order chi connectivity index (χ0) is 38.0. The van der Waals surface area contributed by atoms with Gasteiger partial charge in [-0.25, -0.2) is 0 Å². The minimum Gasteiger partial charge on any atom is -0.491 e. The molecule has 0 amide bonds. The van der Waals surface area contributed by atoms with Gasteiger partial charge < -0.3 is 34.0 Å². The van der Waals surface area contributed by atoms with Crippen molar-refractivity contribution in [2.75, 3.05) is 46.9 Å². The zero-order valence-electron chi connectivity index (χ0n) is 29.9. The molecular formula is C40H54F2O8. The topological polar surface area (TPSA) is 112 Å². The van der Waals surface area contributed by atoms with Crippen molar-refractivity contribution in [1.29, 1.82) is 0 Å². The average Bonchev–Trinajstić information content (AvgIpc) is 3.17. The molecule has 0 aliphatic heterocycles. The van der Waals surface area contributed by atoms with Crippen molar-refractivity contribution < 1.29 is 47.5 Å². The Bertz CT molecular complexity index is 1330. The molecule has 50 heavy (non-hydrogen) atoms. The van der Waals surface area contributed by atoms with Gasteiger partial charge in [-0.1, -0.05) is 69.8 Å². The highest BCUT2D eigenvalue weighted by Crippen LogP contribution is 2.34. The molecule has 0 aliphatic carbocycles. The Hall–Kier alpha value is -4.48. The number of aldehydes is 1. The molecule has 276 valence electrons. The summed E-state index contributed by atoms with van der Waals surface area (Å²) in [6, 6.07) is 20.3. The summed E-state index contributed by atoms with van der Waals surface area (Å²) in [6.07, 6.45) is 5.05. The van der Waals surface area contributed by atoms with Crippen LogP contribution in [0.15, 0.2) is 98.1 Å². The number of aryl methyl sites for hydroxylation is 2. The quantitative estimate of drug-likeness (QED) is 0.0447. The highest BCUT2D eigenvalue weighted by atomic mass is 19.3. The molecule has 3 aromatic rings. The van der Waals surface area contributed by atoms with E-state index in [4.69, 9.17) is 38.7 Å². The minimum absolute atomic E-state index is 0.0833. The first-order valence-electron chi connectivity index (χ1n) is 16.3. The number of halogens is 2. The molecule has 0 aliphatic rings. The number of aliphatic hydroxyl groups is 2. The number of hydrogen-bond acceptors (Lipinski definition) is 8. The first-order valence-corrected chi connectivity index (χ1v) is 16.3. The summed E-state index contributed by atoms with van der Waals surface area (Å²) in [5.41, 5.74) is 6.54. The van der Waals surface area contributed by atoms with Crippen molar-refractivity contribution >= 4 is 13.1 Å². The predicted molar refractivity (Wildman–Crippen MR) is 198 cm³/mol. The van der Waals surface area contributed by atoms with Crippen LogP contribution in [0, 0.1) is 0 Å². The van der Waals surface area contributed by atoms with Crippen molar-refractivity contribution in [2.45, 2.75) is 46.5 Å². The number of allylic oxidation sites excluding steroid dienone is 2. The second-order valence-corrected chi connectivity index (χ2v) is 9.52. The molecule has 0 radical (unpaired) electrons. The molecule has 8 nitrogen and oxygen atoms in total. The number of benzene rings is 3. The van der Waals surface area contributed by atoms with Crippen molar-refractivity contribution in [3.8, 4) is 33.8 Å². The van der Waals surface area contributed by atoms with Crippen molar-refractivity contribution in [3.63, 3.8) is 0 Å². The van der Waals surface area contributed by atoms with Gasteiger partial charge in [-0.3, -0.25) is 4.79 Å². The third-order valence-electron chi connectivity index (χ3n) is 6.36. The van der Waals surface area contributed by atoms with Crippen LogP contribution in [-0.4, -0.2) is 70.2 Å². The van der Waals surface area contributed by atoms with E-state index in [1.54, 1.807) is 7.11 Å². The van der Waals surface area contributed by atoms with E-state index in [0.29, 0.717) is 52.0 Å². The monoisotopic (exact) mass is 700 g/mol. The summed E-state index contributed by atoms with van der Waals surface area (Å²) in [4.78, 5) is 17.1. The number of methoxy groups -OCH3 is 1. The standard InChI is InChI=1S/C31H36F2O5.C3H6O.C3H4O.C2H6.CH2O/c1-3-23-21-28(38-19-17-36-22-34)13-15-29(23)26-10-14-30(25(20-26)6-4-5-7-31(32)33)24-8-11-27(12-9-24)37-18-16-35-2;2*1-2-3-4;2*1-2/h7-15,20-21,34H,3-6,16-19,22H2,1-2H3;2,4H,1,3H2;2-3H,1H2;1-2H3;1H2. The molecule has 10 heteroatoms. The number of hydrogen-bond donors (Lipinski definition) is 2. The van der Waals surface area contributed by atoms with Gasteiger partial charge >= 0.3 is 0 Å². The Balaban J connectivity index is 0. The van der Waals surface area contributed by atoms with Gasteiger partial charge in [0.15, 0.2) is 0 Å². The molecule has 0 saturated carbocycles. The van der Waals surface area contributed by atoms with Gasteiger partial charge in [0, 0.05) is 7.11 Å². The van der Waals surface area contributed by atoms with E-state index >= 15 is 0 Å². The number of ether oxygens (including phenoxy) is 4. The van der Waals surface area contributed by atoms with Crippen molar-refractivity contribution in [3.05, 3.63) is 109 Å². The lowest BCUT2D eigenvalue weighted by Crippen LogP contribution is -2.07. The Kier molecular flexibility index (Phi) is 31.5. The number of aliphatic hydroxyl groups excluding tert-OH is 2. The maximum Gasteiger partial charge on any atom is 0.266 e. The van der Waals surface area contributed by atoms with Crippen molar-refractivity contribution in [1.82, 2.24) is 0 Å². The van der Waals surface area contributed by atoms with Crippen LogP contribution in [0.4, 0.5) is 8.78 Å². The van der Waals surface area contributed by atoms with Crippen LogP contribution in [-0.2, 0) is 31.9 Å². The first kappa shape index (κ1) is 47.6. The van der Waals surface area contributed by atoms with Gasteiger partial charge in [0.05, 0.1) is 19.8 Å². The molecule has 0 spiro atoms. The molecule has 0 fully saturated rings. The first-order chi connectivity index (χ1) is 24.4. The van der Waals surface area contributed by atoms with Crippen LogP contribution in [0.3, 0.4) is 0 Å². The second-order valence-electron chi connectivity index (χ2n) is 9.52. The summed E-state index contributed by atoms with van der Waals surface area (Å²) >= 11 is 0. The van der Waals surface area contributed by atoms with Gasteiger partial charge in [-0.2, -0.15) is 8.78 Å². The molecule has 0 heterocycles.